The van der Waals surface area contributed by atoms with Crippen LogP contribution in [0.25, 0.3) is 11.0 Å². The van der Waals surface area contributed by atoms with Crippen LogP contribution < -0.4 is 5.32 Å². The molecule has 2 aromatic rings. The van der Waals surface area contributed by atoms with Crippen LogP contribution in [0.1, 0.15) is 33.1 Å². The van der Waals surface area contributed by atoms with Gasteiger partial charge >= 0.3 is 0 Å². The molecule has 0 saturated heterocycles. The fourth-order valence-electron chi connectivity index (χ4n) is 3.27. The summed E-state index contributed by atoms with van der Waals surface area (Å²) in [7, 11) is 0. The van der Waals surface area contributed by atoms with Crippen LogP contribution in [0.15, 0.2) is 29.0 Å². The molecule has 2 atom stereocenters. The van der Waals surface area contributed by atoms with Gasteiger partial charge in [0.2, 0.25) is 0 Å². The molecule has 1 N–H and O–H groups in total. The number of furan rings is 1. The molecule has 18 heavy (non-hydrogen) atoms. The number of nitrogens with zero attached hydrogens (tertiary/aromatic N) is 1. The van der Waals surface area contributed by atoms with Crippen molar-refractivity contribution in [2.24, 2.45) is 11.8 Å². The average Bonchev–Trinajstić information content (AvgIpc) is 2.76. The molecule has 1 saturated carbocycles. The fraction of sp³-hybridized carbons (Fsp3) is 0.533. The van der Waals surface area contributed by atoms with Gasteiger partial charge in [-0.05, 0) is 43.2 Å². The number of aromatic nitrogens is 1. The molecule has 0 aromatic carbocycles. The Morgan fingerprint density at radius 2 is 1.94 bits per heavy atom. The molecule has 3 nitrogen and oxygen atoms in total. The van der Waals surface area contributed by atoms with Gasteiger partial charge in [0.15, 0.2) is 0 Å². The standard InChI is InChI=1S/C15H20N2O/c1-10-7-11(2)9-12(8-10)17-15-13-4-6-18-14(13)3-5-16-15/h3-6,10-12H,7-9H2,1-2H3,(H,16,17). The van der Waals surface area contributed by atoms with Gasteiger partial charge in [-0.15, -0.1) is 0 Å². The summed E-state index contributed by atoms with van der Waals surface area (Å²) < 4.78 is 5.41. The molecule has 0 amide bonds. The Morgan fingerprint density at radius 3 is 2.72 bits per heavy atom. The minimum atomic E-state index is 0.539. The van der Waals surface area contributed by atoms with E-state index in [0.29, 0.717) is 6.04 Å². The molecule has 0 aliphatic heterocycles. The molecule has 0 bridgehead atoms. The normalized spacial score (nSPS) is 28.4. The van der Waals surface area contributed by atoms with Crippen LogP contribution in [0.3, 0.4) is 0 Å². The molecule has 1 fully saturated rings. The molecule has 96 valence electrons. The maximum absolute atomic E-state index is 5.41. The third-order valence-electron chi connectivity index (χ3n) is 3.90. The third-order valence-corrected chi connectivity index (χ3v) is 3.90. The minimum absolute atomic E-state index is 0.539. The van der Waals surface area contributed by atoms with E-state index >= 15 is 0 Å². The summed E-state index contributed by atoms with van der Waals surface area (Å²) in [5.74, 6) is 2.57. The van der Waals surface area contributed by atoms with Crippen molar-refractivity contribution in [2.45, 2.75) is 39.2 Å². The van der Waals surface area contributed by atoms with Crippen LogP contribution in [-0.4, -0.2) is 11.0 Å². The molecule has 2 aromatic heterocycles. The van der Waals surface area contributed by atoms with Crippen molar-refractivity contribution in [1.82, 2.24) is 4.98 Å². The first-order chi connectivity index (χ1) is 8.72. The first-order valence-corrected chi connectivity index (χ1v) is 6.81. The highest BCUT2D eigenvalue weighted by atomic mass is 16.3. The van der Waals surface area contributed by atoms with E-state index in [-0.39, 0.29) is 0 Å². The SMILES string of the molecule is CC1CC(C)CC(Nc2nccc3occc23)C1. The summed E-state index contributed by atoms with van der Waals surface area (Å²) in [4.78, 5) is 4.45. The fourth-order valence-corrected chi connectivity index (χ4v) is 3.27. The van der Waals surface area contributed by atoms with Crippen LogP contribution in [-0.2, 0) is 0 Å². The van der Waals surface area contributed by atoms with Crippen molar-refractivity contribution in [3.63, 3.8) is 0 Å². The maximum atomic E-state index is 5.41. The summed E-state index contributed by atoms with van der Waals surface area (Å²) >= 11 is 0. The lowest BCUT2D eigenvalue weighted by atomic mass is 9.80. The third kappa shape index (κ3) is 2.22. The van der Waals surface area contributed by atoms with Crippen LogP contribution >= 0.6 is 0 Å². The number of nitrogens with one attached hydrogen (secondary N) is 1. The van der Waals surface area contributed by atoms with Crippen molar-refractivity contribution in [1.29, 1.82) is 0 Å². The number of anilines is 1. The predicted molar refractivity (Wildman–Crippen MR) is 73.6 cm³/mol. The van der Waals surface area contributed by atoms with Gasteiger partial charge in [-0.1, -0.05) is 13.8 Å². The number of fused-ring (bicyclic) bond motifs is 1. The molecule has 1 aliphatic carbocycles. The molecular weight excluding hydrogens is 224 g/mol. The molecular formula is C15H20N2O. The van der Waals surface area contributed by atoms with Gasteiger partial charge in [-0.25, -0.2) is 4.98 Å². The van der Waals surface area contributed by atoms with Gasteiger partial charge in [0.05, 0.1) is 11.6 Å². The lowest BCUT2D eigenvalue weighted by Crippen LogP contribution is -2.30. The lowest BCUT2D eigenvalue weighted by Gasteiger charge is -2.32. The van der Waals surface area contributed by atoms with Gasteiger partial charge in [-0.3, -0.25) is 0 Å². The highest BCUT2D eigenvalue weighted by molar-refractivity contribution is 5.87. The number of hydrogen-bond acceptors (Lipinski definition) is 3. The highest BCUT2D eigenvalue weighted by Crippen LogP contribution is 2.31. The molecule has 1 aliphatic rings. The summed E-state index contributed by atoms with van der Waals surface area (Å²) in [6, 6.07) is 4.43. The molecule has 2 heterocycles. The van der Waals surface area contributed by atoms with E-state index in [0.717, 1.165) is 28.6 Å². The quantitative estimate of drug-likeness (QED) is 0.865. The van der Waals surface area contributed by atoms with E-state index < -0.39 is 0 Å². The van der Waals surface area contributed by atoms with E-state index in [1.54, 1.807) is 6.26 Å². The second kappa shape index (κ2) is 4.63. The van der Waals surface area contributed by atoms with E-state index in [9.17, 15) is 0 Å². The Bertz CT molecular complexity index is 524. The van der Waals surface area contributed by atoms with Gasteiger partial charge < -0.3 is 9.73 Å². The molecule has 2 unspecified atom stereocenters. The first-order valence-electron chi connectivity index (χ1n) is 6.81. The summed E-state index contributed by atoms with van der Waals surface area (Å²) in [6.45, 7) is 4.69. The number of rotatable bonds is 2. The first kappa shape index (κ1) is 11.6. The zero-order valence-corrected chi connectivity index (χ0v) is 11.0. The molecule has 3 rings (SSSR count). The smallest absolute Gasteiger partial charge is 0.139 e. The van der Waals surface area contributed by atoms with E-state index in [4.69, 9.17) is 4.42 Å². The van der Waals surface area contributed by atoms with Crippen LogP contribution in [0.5, 0.6) is 0 Å². The number of hydrogen-bond donors (Lipinski definition) is 1. The Balaban J connectivity index is 1.81. The van der Waals surface area contributed by atoms with E-state index in [1.807, 2.05) is 18.3 Å². The van der Waals surface area contributed by atoms with Crippen LogP contribution in [0.4, 0.5) is 5.82 Å². The van der Waals surface area contributed by atoms with E-state index in [2.05, 4.69) is 24.1 Å². The van der Waals surface area contributed by atoms with Gasteiger partial charge in [0.25, 0.3) is 0 Å². The lowest BCUT2D eigenvalue weighted by molar-refractivity contribution is 0.280. The second-order valence-electron chi connectivity index (χ2n) is 5.75. The zero-order chi connectivity index (χ0) is 12.5. The van der Waals surface area contributed by atoms with Crippen LogP contribution in [0.2, 0.25) is 0 Å². The van der Waals surface area contributed by atoms with Crippen LogP contribution in [0, 0.1) is 11.8 Å². The number of pyridine rings is 1. The van der Waals surface area contributed by atoms with E-state index in [1.165, 1.54) is 19.3 Å². The summed E-state index contributed by atoms with van der Waals surface area (Å²) in [5, 5.41) is 4.69. The van der Waals surface area contributed by atoms with Gasteiger partial charge in [0.1, 0.15) is 11.4 Å². The Morgan fingerprint density at radius 1 is 1.17 bits per heavy atom. The molecule has 3 heteroatoms. The Kier molecular flexibility index (Phi) is 2.98. The van der Waals surface area contributed by atoms with Crippen molar-refractivity contribution in [3.8, 4) is 0 Å². The maximum Gasteiger partial charge on any atom is 0.139 e. The van der Waals surface area contributed by atoms with Gasteiger partial charge in [-0.2, -0.15) is 0 Å². The van der Waals surface area contributed by atoms with Gasteiger partial charge in [0, 0.05) is 12.2 Å². The second-order valence-corrected chi connectivity index (χ2v) is 5.75. The van der Waals surface area contributed by atoms with Crippen molar-refractivity contribution in [2.75, 3.05) is 5.32 Å². The Hall–Kier alpha value is -1.51. The average molecular weight is 244 g/mol. The largest absolute Gasteiger partial charge is 0.464 e. The monoisotopic (exact) mass is 244 g/mol. The topological polar surface area (TPSA) is 38.1 Å². The Labute approximate surface area is 108 Å². The zero-order valence-electron chi connectivity index (χ0n) is 11.0. The van der Waals surface area contributed by atoms with Crippen molar-refractivity contribution >= 4 is 16.8 Å². The van der Waals surface area contributed by atoms with Crippen molar-refractivity contribution in [3.05, 3.63) is 24.6 Å². The molecule has 0 spiro atoms. The summed E-state index contributed by atoms with van der Waals surface area (Å²) in [5.41, 5.74) is 0.907. The molecule has 0 radical (unpaired) electrons. The predicted octanol–water partition coefficient (Wildman–Crippen LogP) is 4.06. The van der Waals surface area contributed by atoms with Crippen molar-refractivity contribution < 1.29 is 4.42 Å². The minimum Gasteiger partial charge on any atom is -0.464 e. The highest BCUT2D eigenvalue weighted by Gasteiger charge is 2.24. The summed E-state index contributed by atoms with van der Waals surface area (Å²) in [6.07, 6.45) is 7.36.